The van der Waals surface area contributed by atoms with Crippen molar-refractivity contribution in [2.45, 2.75) is 29.9 Å². The van der Waals surface area contributed by atoms with Gasteiger partial charge >= 0.3 is 0 Å². The van der Waals surface area contributed by atoms with E-state index in [1.54, 1.807) is 23.9 Å². The van der Waals surface area contributed by atoms with E-state index < -0.39 is 0 Å². The molecule has 1 N–H and O–H groups in total. The Labute approximate surface area is 106 Å². The van der Waals surface area contributed by atoms with Crippen LogP contribution in [-0.4, -0.2) is 34.3 Å². The Balaban J connectivity index is 1.93. The third-order valence-corrected chi connectivity index (χ3v) is 4.01. The maximum Gasteiger partial charge on any atom is 0.235 e. The van der Waals surface area contributed by atoms with Crippen molar-refractivity contribution >= 4 is 17.7 Å². The second-order valence-electron chi connectivity index (χ2n) is 4.29. The van der Waals surface area contributed by atoms with Gasteiger partial charge < -0.3 is 10.0 Å². The van der Waals surface area contributed by atoms with Crippen LogP contribution in [0, 0.1) is 0 Å². The third kappa shape index (κ3) is 3.16. The molecule has 1 saturated heterocycles. The lowest BCUT2D eigenvalue weighted by molar-refractivity contribution is -0.129. The normalized spacial score (nSPS) is 17.1. The smallest absolute Gasteiger partial charge is 0.235 e. The average molecular weight is 251 g/mol. The van der Waals surface area contributed by atoms with Gasteiger partial charge in [0.25, 0.3) is 0 Å². The fourth-order valence-electron chi connectivity index (χ4n) is 1.97. The van der Waals surface area contributed by atoms with Crippen molar-refractivity contribution in [1.29, 1.82) is 0 Å². The summed E-state index contributed by atoms with van der Waals surface area (Å²) in [5.74, 6) is 0.480. The number of thioether (sulfide) groups is 1. The molecule has 17 heavy (non-hydrogen) atoms. The Hall–Kier alpha value is -1.16. The second-order valence-corrected chi connectivity index (χ2v) is 5.70. The first kappa shape index (κ1) is 12.3. The summed E-state index contributed by atoms with van der Waals surface area (Å²) in [5, 5.41) is 9.13. The topological polar surface area (TPSA) is 40.5 Å². The van der Waals surface area contributed by atoms with Crippen LogP contribution in [0.2, 0.25) is 0 Å². The molecule has 0 saturated carbocycles. The van der Waals surface area contributed by atoms with Gasteiger partial charge in [-0.15, -0.1) is 11.8 Å². The van der Waals surface area contributed by atoms with Gasteiger partial charge in [0, 0.05) is 18.0 Å². The molecule has 1 aromatic carbocycles. The van der Waals surface area contributed by atoms with Gasteiger partial charge in [-0.05, 0) is 44.0 Å². The highest BCUT2D eigenvalue weighted by molar-refractivity contribution is 8.00. The summed E-state index contributed by atoms with van der Waals surface area (Å²) in [5.41, 5.74) is 0. The summed E-state index contributed by atoms with van der Waals surface area (Å²) in [7, 11) is 0. The zero-order valence-electron chi connectivity index (χ0n) is 9.93. The van der Waals surface area contributed by atoms with Crippen LogP contribution < -0.4 is 0 Å². The van der Waals surface area contributed by atoms with Crippen molar-refractivity contribution in [1.82, 2.24) is 4.90 Å². The molecule has 0 aromatic heterocycles. The SMILES string of the molecule is CC(Sc1ccc(O)cc1)C(=O)N1CCCC1. The molecule has 1 aromatic rings. The molecular weight excluding hydrogens is 234 g/mol. The minimum Gasteiger partial charge on any atom is -0.508 e. The van der Waals surface area contributed by atoms with Crippen molar-refractivity contribution < 1.29 is 9.90 Å². The first-order valence-corrected chi connectivity index (χ1v) is 6.79. The number of aromatic hydroxyl groups is 1. The number of amides is 1. The van der Waals surface area contributed by atoms with Crippen LogP contribution in [0.3, 0.4) is 0 Å². The average Bonchev–Trinajstić information content (AvgIpc) is 2.84. The lowest BCUT2D eigenvalue weighted by Crippen LogP contribution is -2.33. The van der Waals surface area contributed by atoms with E-state index in [1.165, 1.54) is 0 Å². The standard InChI is InChI=1S/C13H17NO2S/c1-10(13(16)14-8-2-3-9-14)17-12-6-4-11(15)5-7-12/h4-7,10,15H,2-3,8-9H2,1H3. The number of rotatable bonds is 3. The second kappa shape index (κ2) is 5.45. The highest BCUT2D eigenvalue weighted by Gasteiger charge is 2.23. The molecule has 0 aliphatic carbocycles. The van der Waals surface area contributed by atoms with Crippen LogP contribution in [0.5, 0.6) is 5.75 Å². The van der Waals surface area contributed by atoms with E-state index in [0.29, 0.717) is 0 Å². The zero-order chi connectivity index (χ0) is 12.3. The van der Waals surface area contributed by atoms with Gasteiger partial charge in [-0.25, -0.2) is 0 Å². The first-order valence-electron chi connectivity index (χ1n) is 5.91. The van der Waals surface area contributed by atoms with Gasteiger partial charge in [0.1, 0.15) is 5.75 Å². The van der Waals surface area contributed by atoms with Crippen molar-refractivity contribution in [3.63, 3.8) is 0 Å². The number of benzene rings is 1. The van der Waals surface area contributed by atoms with Crippen LogP contribution in [0.25, 0.3) is 0 Å². The Bertz CT molecular complexity index is 385. The highest BCUT2D eigenvalue weighted by atomic mass is 32.2. The molecule has 0 spiro atoms. The molecule has 4 heteroatoms. The van der Waals surface area contributed by atoms with E-state index in [9.17, 15) is 9.90 Å². The number of nitrogens with zero attached hydrogens (tertiary/aromatic N) is 1. The fraction of sp³-hybridized carbons (Fsp3) is 0.462. The number of likely N-dealkylation sites (tertiary alicyclic amines) is 1. The lowest BCUT2D eigenvalue weighted by atomic mass is 10.3. The number of carbonyl (C=O) groups excluding carboxylic acids is 1. The quantitative estimate of drug-likeness (QED) is 0.839. The minimum absolute atomic E-state index is 0.0577. The van der Waals surface area contributed by atoms with Gasteiger partial charge in [-0.3, -0.25) is 4.79 Å². The summed E-state index contributed by atoms with van der Waals surface area (Å²) in [6.07, 6.45) is 2.25. The molecule has 1 unspecified atom stereocenters. The molecule has 92 valence electrons. The van der Waals surface area contributed by atoms with Crippen LogP contribution >= 0.6 is 11.8 Å². The van der Waals surface area contributed by atoms with Gasteiger partial charge in [0.05, 0.1) is 5.25 Å². The van der Waals surface area contributed by atoms with Crippen molar-refractivity contribution in [3.05, 3.63) is 24.3 Å². The van der Waals surface area contributed by atoms with Crippen LogP contribution in [-0.2, 0) is 4.79 Å². The molecule has 0 bridgehead atoms. The van der Waals surface area contributed by atoms with E-state index in [2.05, 4.69) is 0 Å². The van der Waals surface area contributed by atoms with E-state index >= 15 is 0 Å². The lowest BCUT2D eigenvalue weighted by Gasteiger charge is -2.19. The molecule has 1 heterocycles. The molecule has 1 atom stereocenters. The predicted octanol–water partition coefficient (Wildman–Crippen LogP) is 2.50. The van der Waals surface area contributed by atoms with Gasteiger partial charge in [-0.2, -0.15) is 0 Å². The van der Waals surface area contributed by atoms with E-state index in [0.717, 1.165) is 30.8 Å². The van der Waals surface area contributed by atoms with Crippen LogP contribution in [0.4, 0.5) is 0 Å². The summed E-state index contributed by atoms with van der Waals surface area (Å²) < 4.78 is 0. The van der Waals surface area contributed by atoms with Crippen LogP contribution in [0.1, 0.15) is 19.8 Å². The minimum atomic E-state index is -0.0577. The van der Waals surface area contributed by atoms with Crippen molar-refractivity contribution in [3.8, 4) is 5.75 Å². The van der Waals surface area contributed by atoms with Crippen molar-refractivity contribution in [2.75, 3.05) is 13.1 Å². The molecule has 0 radical (unpaired) electrons. The fourth-order valence-corrected chi connectivity index (χ4v) is 2.93. The van der Waals surface area contributed by atoms with E-state index in [-0.39, 0.29) is 16.9 Å². The van der Waals surface area contributed by atoms with Gasteiger partial charge in [-0.1, -0.05) is 0 Å². The molecule has 1 aliphatic rings. The van der Waals surface area contributed by atoms with Crippen molar-refractivity contribution in [2.24, 2.45) is 0 Å². The molecular formula is C13H17NO2S. The Morgan fingerprint density at radius 1 is 1.29 bits per heavy atom. The number of carbonyl (C=O) groups is 1. The van der Waals surface area contributed by atoms with Gasteiger partial charge in [0.2, 0.25) is 5.91 Å². The number of hydrogen-bond donors (Lipinski definition) is 1. The number of phenolic OH excluding ortho intramolecular Hbond substituents is 1. The zero-order valence-corrected chi connectivity index (χ0v) is 10.7. The van der Waals surface area contributed by atoms with E-state index in [1.807, 2.05) is 24.0 Å². The predicted molar refractivity (Wildman–Crippen MR) is 69.2 cm³/mol. The maximum atomic E-state index is 12.1. The van der Waals surface area contributed by atoms with Gasteiger partial charge in [0.15, 0.2) is 0 Å². The summed E-state index contributed by atoms with van der Waals surface area (Å²) in [4.78, 5) is 15.0. The summed E-state index contributed by atoms with van der Waals surface area (Å²) in [6.45, 7) is 3.75. The maximum absolute atomic E-state index is 12.1. The van der Waals surface area contributed by atoms with E-state index in [4.69, 9.17) is 0 Å². The Morgan fingerprint density at radius 3 is 2.47 bits per heavy atom. The molecule has 1 amide bonds. The molecule has 1 aliphatic heterocycles. The monoisotopic (exact) mass is 251 g/mol. The first-order chi connectivity index (χ1) is 8.16. The molecule has 1 fully saturated rings. The Kier molecular flexibility index (Phi) is 3.94. The largest absolute Gasteiger partial charge is 0.508 e. The molecule has 2 rings (SSSR count). The summed E-state index contributed by atoms with van der Waals surface area (Å²) >= 11 is 1.54. The summed E-state index contributed by atoms with van der Waals surface area (Å²) in [6, 6.07) is 6.98. The third-order valence-electron chi connectivity index (χ3n) is 2.92. The highest BCUT2D eigenvalue weighted by Crippen LogP contribution is 2.26. The van der Waals surface area contributed by atoms with Crippen LogP contribution in [0.15, 0.2) is 29.2 Å². The Morgan fingerprint density at radius 2 is 1.88 bits per heavy atom. The molecule has 3 nitrogen and oxygen atoms in total. The number of phenols is 1. The number of hydrogen-bond acceptors (Lipinski definition) is 3.